The molecule has 0 saturated heterocycles. The van der Waals surface area contributed by atoms with E-state index in [0.717, 1.165) is 12.8 Å². The van der Waals surface area contributed by atoms with Crippen LogP contribution in [-0.4, -0.2) is 12.4 Å². The summed E-state index contributed by atoms with van der Waals surface area (Å²) in [6.45, 7) is 0.0880. The van der Waals surface area contributed by atoms with Crippen LogP contribution < -0.4 is 5.90 Å². The van der Waals surface area contributed by atoms with E-state index < -0.39 is 0 Å². The van der Waals surface area contributed by atoms with E-state index in [9.17, 15) is 4.79 Å². The highest BCUT2D eigenvalue weighted by atomic mass is 16.6. The molecule has 0 spiro atoms. The fraction of sp³-hybridized carbons (Fsp3) is 0.833. The molecule has 0 amide bonds. The molecule has 52 valence electrons. The number of nitrogens with two attached hydrogens (primary N) is 1. The summed E-state index contributed by atoms with van der Waals surface area (Å²) in [4.78, 5) is 15.0. The SMILES string of the molecule is NOCC(=O)C1CCC1. The molecule has 3 nitrogen and oxygen atoms in total. The van der Waals surface area contributed by atoms with Crippen LogP contribution in [0, 0.1) is 5.92 Å². The number of carbonyl (C=O) groups excluding carboxylic acids is 1. The van der Waals surface area contributed by atoms with Gasteiger partial charge in [0.1, 0.15) is 6.61 Å². The van der Waals surface area contributed by atoms with Gasteiger partial charge in [0.25, 0.3) is 0 Å². The summed E-state index contributed by atoms with van der Waals surface area (Å²) in [5, 5.41) is 0. The third-order valence-corrected chi connectivity index (χ3v) is 1.79. The standard InChI is InChI=1S/C6H11NO2/c7-9-4-6(8)5-2-1-3-5/h5H,1-4,7H2. The molecule has 1 aliphatic rings. The second-order valence-electron chi connectivity index (χ2n) is 2.41. The van der Waals surface area contributed by atoms with Crippen LogP contribution >= 0.6 is 0 Å². The highest BCUT2D eigenvalue weighted by Gasteiger charge is 2.24. The minimum atomic E-state index is 0.0880. The van der Waals surface area contributed by atoms with Crippen molar-refractivity contribution in [3.8, 4) is 0 Å². The molecule has 1 rings (SSSR count). The van der Waals surface area contributed by atoms with Crippen molar-refractivity contribution in [3.63, 3.8) is 0 Å². The van der Waals surface area contributed by atoms with Crippen molar-refractivity contribution in [2.45, 2.75) is 19.3 Å². The average molecular weight is 129 g/mol. The molecule has 0 aromatic rings. The monoisotopic (exact) mass is 129 g/mol. The van der Waals surface area contributed by atoms with E-state index >= 15 is 0 Å². The Balaban J connectivity index is 2.16. The lowest BCUT2D eigenvalue weighted by atomic mass is 9.82. The third kappa shape index (κ3) is 1.50. The van der Waals surface area contributed by atoms with Crippen molar-refractivity contribution in [3.05, 3.63) is 0 Å². The number of hydrogen-bond donors (Lipinski definition) is 1. The minimum absolute atomic E-state index is 0.0880. The second kappa shape index (κ2) is 2.94. The van der Waals surface area contributed by atoms with Gasteiger partial charge in [0.05, 0.1) is 0 Å². The van der Waals surface area contributed by atoms with Crippen LogP contribution in [0.4, 0.5) is 0 Å². The number of carbonyl (C=O) groups is 1. The van der Waals surface area contributed by atoms with E-state index in [1.54, 1.807) is 0 Å². The Bertz CT molecular complexity index is 110. The molecule has 0 aromatic heterocycles. The molecule has 1 aliphatic carbocycles. The fourth-order valence-electron chi connectivity index (χ4n) is 0.930. The molecular formula is C6H11NO2. The molecular weight excluding hydrogens is 118 g/mol. The summed E-state index contributed by atoms with van der Waals surface area (Å²) in [7, 11) is 0. The largest absolute Gasteiger partial charge is 0.297 e. The Labute approximate surface area is 54.1 Å². The molecule has 0 heterocycles. The zero-order valence-electron chi connectivity index (χ0n) is 5.30. The zero-order valence-corrected chi connectivity index (χ0v) is 5.30. The maximum absolute atomic E-state index is 10.8. The Morgan fingerprint density at radius 2 is 2.33 bits per heavy atom. The van der Waals surface area contributed by atoms with E-state index in [0.29, 0.717) is 0 Å². The van der Waals surface area contributed by atoms with Gasteiger partial charge in [-0.3, -0.25) is 9.63 Å². The van der Waals surface area contributed by atoms with Crippen LogP contribution in [0.1, 0.15) is 19.3 Å². The molecule has 9 heavy (non-hydrogen) atoms. The van der Waals surface area contributed by atoms with Gasteiger partial charge in [-0.2, -0.15) is 0 Å². The van der Waals surface area contributed by atoms with E-state index in [4.69, 9.17) is 5.90 Å². The van der Waals surface area contributed by atoms with Crippen LogP contribution in [0.15, 0.2) is 0 Å². The van der Waals surface area contributed by atoms with Gasteiger partial charge >= 0.3 is 0 Å². The molecule has 2 N–H and O–H groups in total. The van der Waals surface area contributed by atoms with Gasteiger partial charge in [-0.05, 0) is 12.8 Å². The first-order valence-corrected chi connectivity index (χ1v) is 3.19. The molecule has 0 bridgehead atoms. The highest BCUT2D eigenvalue weighted by Crippen LogP contribution is 2.26. The fourth-order valence-corrected chi connectivity index (χ4v) is 0.930. The van der Waals surface area contributed by atoms with Crippen LogP contribution in [0.3, 0.4) is 0 Å². The number of Topliss-reactive ketones (excluding diaryl/α,β-unsaturated/α-hetero) is 1. The van der Waals surface area contributed by atoms with E-state index in [1.807, 2.05) is 0 Å². The Morgan fingerprint density at radius 1 is 1.67 bits per heavy atom. The molecule has 1 fully saturated rings. The van der Waals surface area contributed by atoms with Crippen molar-refractivity contribution in [1.82, 2.24) is 0 Å². The predicted octanol–water partition coefficient (Wildman–Crippen LogP) is 0.246. The summed E-state index contributed by atoms with van der Waals surface area (Å²) in [5.41, 5.74) is 0. The van der Waals surface area contributed by atoms with E-state index in [-0.39, 0.29) is 18.3 Å². The first kappa shape index (κ1) is 6.71. The quantitative estimate of drug-likeness (QED) is 0.555. The summed E-state index contributed by atoms with van der Waals surface area (Å²) in [5.74, 6) is 5.14. The first-order valence-electron chi connectivity index (χ1n) is 3.19. The molecule has 0 aliphatic heterocycles. The lowest BCUT2D eigenvalue weighted by Gasteiger charge is -2.22. The highest BCUT2D eigenvalue weighted by molar-refractivity contribution is 5.82. The molecule has 0 atom stereocenters. The van der Waals surface area contributed by atoms with Gasteiger partial charge in [-0.1, -0.05) is 6.42 Å². The summed E-state index contributed by atoms with van der Waals surface area (Å²) < 4.78 is 0. The zero-order chi connectivity index (χ0) is 6.69. The van der Waals surface area contributed by atoms with Crippen LogP contribution in [0.25, 0.3) is 0 Å². The van der Waals surface area contributed by atoms with Gasteiger partial charge in [0, 0.05) is 5.92 Å². The lowest BCUT2D eigenvalue weighted by Crippen LogP contribution is -2.26. The van der Waals surface area contributed by atoms with Gasteiger partial charge in [-0.25, -0.2) is 5.90 Å². The van der Waals surface area contributed by atoms with Gasteiger partial charge < -0.3 is 0 Å². The van der Waals surface area contributed by atoms with Crippen molar-refractivity contribution in [1.29, 1.82) is 0 Å². The summed E-state index contributed by atoms with van der Waals surface area (Å²) in [6.07, 6.45) is 3.24. The van der Waals surface area contributed by atoms with Crippen molar-refractivity contribution < 1.29 is 9.63 Å². The normalized spacial score (nSPS) is 19.2. The molecule has 0 aromatic carbocycles. The first-order chi connectivity index (χ1) is 4.34. The second-order valence-corrected chi connectivity index (χ2v) is 2.41. The Kier molecular flexibility index (Phi) is 2.19. The summed E-state index contributed by atoms with van der Waals surface area (Å²) >= 11 is 0. The van der Waals surface area contributed by atoms with Gasteiger partial charge in [0.2, 0.25) is 0 Å². The number of rotatable bonds is 3. The summed E-state index contributed by atoms with van der Waals surface area (Å²) in [6, 6.07) is 0. The predicted molar refractivity (Wildman–Crippen MR) is 32.5 cm³/mol. The number of ketones is 1. The van der Waals surface area contributed by atoms with Crippen molar-refractivity contribution in [2.75, 3.05) is 6.61 Å². The van der Waals surface area contributed by atoms with Gasteiger partial charge in [-0.15, -0.1) is 0 Å². The van der Waals surface area contributed by atoms with Crippen LogP contribution in [-0.2, 0) is 9.63 Å². The maximum atomic E-state index is 10.8. The van der Waals surface area contributed by atoms with Gasteiger partial charge in [0.15, 0.2) is 5.78 Å². The average Bonchev–Trinajstić information content (AvgIpc) is 1.60. The molecule has 0 radical (unpaired) electrons. The smallest absolute Gasteiger partial charge is 0.163 e. The molecule has 0 unspecified atom stereocenters. The maximum Gasteiger partial charge on any atom is 0.163 e. The number of hydrogen-bond acceptors (Lipinski definition) is 3. The van der Waals surface area contributed by atoms with E-state index in [2.05, 4.69) is 4.84 Å². The Hall–Kier alpha value is -0.410. The van der Waals surface area contributed by atoms with E-state index in [1.165, 1.54) is 6.42 Å². The van der Waals surface area contributed by atoms with Crippen molar-refractivity contribution in [2.24, 2.45) is 11.8 Å². The topological polar surface area (TPSA) is 52.3 Å². The van der Waals surface area contributed by atoms with Crippen LogP contribution in [0.2, 0.25) is 0 Å². The van der Waals surface area contributed by atoms with Crippen molar-refractivity contribution >= 4 is 5.78 Å². The lowest BCUT2D eigenvalue weighted by molar-refractivity contribution is -0.130. The molecule has 1 saturated carbocycles. The van der Waals surface area contributed by atoms with Crippen LogP contribution in [0.5, 0.6) is 0 Å². The minimum Gasteiger partial charge on any atom is -0.297 e. The Morgan fingerprint density at radius 3 is 2.67 bits per heavy atom. The molecule has 3 heteroatoms. The third-order valence-electron chi connectivity index (χ3n) is 1.79.